The summed E-state index contributed by atoms with van der Waals surface area (Å²) in [6, 6.07) is 12.9. The molecule has 2 aromatic rings. The zero-order chi connectivity index (χ0) is 13.5. The van der Waals surface area contributed by atoms with Crippen LogP contribution in [0.3, 0.4) is 0 Å². The van der Waals surface area contributed by atoms with Crippen molar-refractivity contribution in [3.63, 3.8) is 0 Å². The molecule has 19 heavy (non-hydrogen) atoms. The first kappa shape index (κ1) is 14.3. The summed E-state index contributed by atoms with van der Waals surface area (Å²) in [5, 5.41) is 0. The third-order valence-electron chi connectivity index (χ3n) is 3.45. The molecule has 1 aromatic heterocycles. The van der Waals surface area contributed by atoms with E-state index in [0.29, 0.717) is 5.92 Å². The predicted octanol–water partition coefficient (Wildman–Crippen LogP) is 5.36. The Balaban J connectivity index is 2.13. The Morgan fingerprint density at radius 2 is 1.95 bits per heavy atom. The van der Waals surface area contributed by atoms with Gasteiger partial charge in [0, 0.05) is 16.9 Å². The maximum atomic E-state index is 4.22. The fraction of sp³-hybridized carbons (Fsp3) is 0.353. The molecule has 0 aliphatic rings. The zero-order valence-electron chi connectivity index (χ0n) is 11.3. The lowest BCUT2D eigenvalue weighted by Crippen LogP contribution is -2.03. The van der Waals surface area contributed by atoms with E-state index in [9.17, 15) is 0 Å². The number of hydrogen-bond donors (Lipinski definition) is 0. The summed E-state index contributed by atoms with van der Waals surface area (Å²) in [4.78, 5) is 4.22. The van der Waals surface area contributed by atoms with E-state index < -0.39 is 0 Å². The van der Waals surface area contributed by atoms with Crippen LogP contribution in [0.25, 0.3) is 0 Å². The van der Waals surface area contributed by atoms with Gasteiger partial charge in [-0.1, -0.05) is 53.9 Å². The van der Waals surface area contributed by atoms with E-state index in [0.717, 1.165) is 10.9 Å². The standard InChI is InChI=1S/C17H20BrN/c1-2-3-6-16(12-14-5-4-11-19-13-14)15-7-9-17(18)10-8-15/h4-5,7-11,13,16H,2-3,6,12H2,1H3. The van der Waals surface area contributed by atoms with Crippen molar-refractivity contribution in [2.45, 2.75) is 38.5 Å². The zero-order valence-corrected chi connectivity index (χ0v) is 12.9. The molecule has 1 nitrogen and oxygen atoms in total. The van der Waals surface area contributed by atoms with Crippen molar-refractivity contribution in [2.75, 3.05) is 0 Å². The second-order valence-corrected chi connectivity index (χ2v) is 5.87. The Hall–Kier alpha value is -1.15. The van der Waals surface area contributed by atoms with E-state index in [4.69, 9.17) is 0 Å². The monoisotopic (exact) mass is 317 g/mol. The maximum Gasteiger partial charge on any atom is 0.0300 e. The molecule has 2 heteroatoms. The van der Waals surface area contributed by atoms with Crippen LogP contribution in [0, 0.1) is 0 Å². The largest absolute Gasteiger partial charge is 0.264 e. The fourth-order valence-electron chi connectivity index (χ4n) is 2.38. The van der Waals surface area contributed by atoms with Gasteiger partial charge in [-0.05, 0) is 48.1 Å². The van der Waals surface area contributed by atoms with Crippen molar-refractivity contribution in [3.8, 4) is 0 Å². The van der Waals surface area contributed by atoms with Crippen LogP contribution in [0.4, 0.5) is 0 Å². The van der Waals surface area contributed by atoms with Gasteiger partial charge in [-0.25, -0.2) is 0 Å². The molecule has 2 rings (SSSR count). The second kappa shape index (κ2) is 7.44. The predicted molar refractivity (Wildman–Crippen MR) is 84.3 cm³/mol. The smallest absolute Gasteiger partial charge is 0.0300 e. The van der Waals surface area contributed by atoms with Gasteiger partial charge >= 0.3 is 0 Å². The molecule has 0 aliphatic heterocycles. The lowest BCUT2D eigenvalue weighted by Gasteiger charge is -2.17. The quantitative estimate of drug-likeness (QED) is 0.698. The molecular weight excluding hydrogens is 298 g/mol. The topological polar surface area (TPSA) is 12.9 Å². The molecule has 1 unspecified atom stereocenters. The highest BCUT2D eigenvalue weighted by molar-refractivity contribution is 9.10. The Morgan fingerprint density at radius 3 is 2.58 bits per heavy atom. The van der Waals surface area contributed by atoms with Gasteiger partial charge in [0.2, 0.25) is 0 Å². The first-order valence-corrected chi connectivity index (χ1v) is 7.73. The molecule has 100 valence electrons. The van der Waals surface area contributed by atoms with Gasteiger partial charge in [-0.3, -0.25) is 4.98 Å². The van der Waals surface area contributed by atoms with Crippen LogP contribution >= 0.6 is 15.9 Å². The molecule has 0 spiro atoms. The van der Waals surface area contributed by atoms with E-state index in [2.05, 4.69) is 58.2 Å². The Kier molecular flexibility index (Phi) is 5.59. The number of pyridine rings is 1. The van der Waals surface area contributed by atoms with Gasteiger partial charge in [-0.15, -0.1) is 0 Å². The lowest BCUT2D eigenvalue weighted by atomic mass is 9.88. The third kappa shape index (κ3) is 4.46. The summed E-state index contributed by atoms with van der Waals surface area (Å²) in [6.07, 6.45) is 8.67. The van der Waals surface area contributed by atoms with Crippen LogP contribution in [0.15, 0.2) is 53.3 Å². The van der Waals surface area contributed by atoms with Gasteiger partial charge in [0.25, 0.3) is 0 Å². The molecule has 1 aromatic carbocycles. The molecular formula is C17H20BrN. The maximum absolute atomic E-state index is 4.22. The fourth-order valence-corrected chi connectivity index (χ4v) is 2.64. The highest BCUT2D eigenvalue weighted by Crippen LogP contribution is 2.27. The number of halogens is 1. The number of aromatic nitrogens is 1. The van der Waals surface area contributed by atoms with E-state index in [1.165, 1.54) is 30.4 Å². The van der Waals surface area contributed by atoms with Crippen LogP contribution in [-0.4, -0.2) is 4.98 Å². The van der Waals surface area contributed by atoms with Crippen LogP contribution in [0.5, 0.6) is 0 Å². The number of rotatable bonds is 6. The van der Waals surface area contributed by atoms with Crippen molar-refractivity contribution in [1.29, 1.82) is 0 Å². The van der Waals surface area contributed by atoms with Gasteiger partial charge in [0.15, 0.2) is 0 Å². The summed E-state index contributed by atoms with van der Waals surface area (Å²) < 4.78 is 1.15. The van der Waals surface area contributed by atoms with Gasteiger partial charge in [-0.2, -0.15) is 0 Å². The summed E-state index contributed by atoms with van der Waals surface area (Å²) >= 11 is 3.50. The van der Waals surface area contributed by atoms with Crippen LogP contribution < -0.4 is 0 Å². The normalized spacial score (nSPS) is 12.3. The minimum absolute atomic E-state index is 0.595. The highest BCUT2D eigenvalue weighted by atomic mass is 79.9. The Bertz CT molecular complexity index is 478. The minimum Gasteiger partial charge on any atom is -0.264 e. The minimum atomic E-state index is 0.595. The molecule has 0 aliphatic carbocycles. The van der Waals surface area contributed by atoms with E-state index >= 15 is 0 Å². The summed E-state index contributed by atoms with van der Waals surface area (Å²) in [5.41, 5.74) is 2.76. The first-order chi connectivity index (χ1) is 9.29. The lowest BCUT2D eigenvalue weighted by molar-refractivity contribution is 0.580. The third-order valence-corrected chi connectivity index (χ3v) is 3.98. The Labute approximate surface area is 124 Å². The average Bonchev–Trinajstić information content (AvgIpc) is 2.45. The second-order valence-electron chi connectivity index (χ2n) is 4.96. The molecule has 0 bridgehead atoms. The van der Waals surface area contributed by atoms with E-state index in [1.54, 1.807) is 0 Å². The number of benzene rings is 1. The molecule has 1 heterocycles. The van der Waals surface area contributed by atoms with Gasteiger partial charge in [0.1, 0.15) is 0 Å². The average molecular weight is 318 g/mol. The van der Waals surface area contributed by atoms with Gasteiger partial charge in [0.05, 0.1) is 0 Å². The summed E-state index contributed by atoms with van der Waals surface area (Å²) in [6.45, 7) is 2.25. The highest BCUT2D eigenvalue weighted by Gasteiger charge is 2.12. The van der Waals surface area contributed by atoms with E-state index in [1.807, 2.05) is 18.5 Å². The molecule has 0 saturated carbocycles. The number of nitrogens with zero attached hydrogens (tertiary/aromatic N) is 1. The van der Waals surface area contributed by atoms with Crippen molar-refractivity contribution in [3.05, 3.63) is 64.4 Å². The summed E-state index contributed by atoms with van der Waals surface area (Å²) in [7, 11) is 0. The SMILES string of the molecule is CCCCC(Cc1cccnc1)c1ccc(Br)cc1. The van der Waals surface area contributed by atoms with Crippen LogP contribution in [0.1, 0.15) is 43.2 Å². The van der Waals surface area contributed by atoms with Crippen molar-refractivity contribution < 1.29 is 0 Å². The van der Waals surface area contributed by atoms with Crippen molar-refractivity contribution in [2.24, 2.45) is 0 Å². The van der Waals surface area contributed by atoms with Gasteiger partial charge < -0.3 is 0 Å². The van der Waals surface area contributed by atoms with Crippen LogP contribution in [0.2, 0.25) is 0 Å². The molecule has 0 amide bonds. The Morgan fingerprint density at radius 1 is 1.16 bits per heavy atom. The first-order valence-electron chi connectivity index (χ1n) is 6.94. The molecule has 0 saturated heterocycles. The molecule has 0 radical (unpaired) electrons. The summed E-state index contributed by atoms with van der Waals surface area (Å²) in [5.74, 6) is 0.595. The molecule has 0 N–H and O–H groups in total. The van der Waals surface area contributed by atoms with Crippen molar-refractivity contribution in [1.82, 2.24) is 4.98 Å². The van der Waals surface area contributed by atoms with E-state index in [-0.39, 0.29) is 0 Å². The van der Waals surface area contributed by atoms with Crippen molar-refractivity contribution >= 4 is 15.9 Å². The number of unbranched alkanes of at least 4 members (excludes halogenated alkanes) is 1. The molecule has 1 atom stereocenters. The molecule has 0 fully saturated rings. The number of hydrogen-bond acceptors (Lipinski definition) is 1. The van der Waals surface area contributed by atoms with Crippen LogP contribution in [-0.2, 0) is 6.42 Å².